The normalized spacial score (nSPS) is 10.8. The lowest BCUT2D eigenvalue weighted by Gasteiger charge is -2.06. The van der Waals surface area contributed by atoms with Crippen LogP contribution in [-0.4, -0.2) is 11.1 Å². The summed E-state index contributed by atoms with van der Waals surface area (Å²) in [6, 6.07) is 3.23. The van der Waals surface area contributed by atoms with Gasteiger partial charge in [-0.15, -0.1) is 0 Å². The summed E-state index contributed by atoms with van der Waals surface area (Å²) in [6.45, 7) is 3.34. The Labute approximate surface area is 101 Å². The summed E-state index contributed by atoms with van der Waals surface area (Å²) in [5.41, 5.74) is 0.288. The minimum absolute atomic E-state index is 0.347. The van der Waals surface area contributed by atoms with Gasteiger partial charge in [0.25, 0.3) is 0 Å². The largest absolute Gasteiger partial charge is 0.477 e. The zero-order chi connectivity index (χ0) is 12.7. The van der Waals surface area contributed by atoms with Crippen molar-refractivity contribution in [1.82, 2.24) is 0 Å². The van der Waals surface area contributed by atoms with Crippen molar-refractivity contribution in [2.24, 2.45) is 0 Å². The van der Waals surface area contributed by atoms with Crippen molar-refractivity contribution in [1.29, 1.82) is 0 Å². The molecule has 0 aliphatic rings. The van der Waals surface area contributed by atoms with Crippen LogP contribution in [0.25, 0.3) is 11.0 Å². The lowest BCUT2D eigenvalue weighted by molar-refractivity contribution is 0.0691. The summed E-state index contributed by atoms with van der Waals surface area (Å²) in [7, 11) is 0. The lowest BCUT2D eigenvalue weighted by Crippen LogP contribution is -2.15. The van der Waals surface area contributed by atoms with Crippen LogP contribution in [0.2, 0.25) is 5.02 Å². The van der Waals surface area contributed by atoms with Gasteiger partial charge in [0.15, 0.2) is 0 Å². The highest BCUT2D eigenvalue weighted by Crippen LogP contribution is 2.26. The van der Waals surface area contributed by atoms with Crippen molar-refractivity contribution in [3.8, 4) is 0 Å². The van der Waals surface area contributed by atoms with Gasteiger partial charge >= 0.3 is 11.6 Å². The maximum atomic E-state index is 11.5. The third-order valence-electron chi connectivity index (χ3n) is 2.66. The molecule has 0 radical (unpaired) electrons. The molecule has 1 heterocycles. The Kier molecular flexibility index (Phi) is 2.67. The number of carbonyl (C=O) groups is 1. The van der Waals surface area contributed by atoms with Crippen molar-refractivity contribution in [3.63, 3.8) is 0 Å². The number of benzene rings is 1. The van der Waals surface area contributed by atoms with Gasteiger partial charge in [-0.3, -0.25) is 0 Å². The van der Waals surface area contributed by atoms with Gasteiger partial charge in [-0.05, 0) is 37.1 Å². The van der Waals surface area contributed by atoms with E-state index in [1.807, 2.05) is 0 Å². The van der Waals surface area contributed by atoms with Crippen LogP contribution in [0.1, 0.15) is 21.5 Å². The lowest BCUT2D eigenvalue weighted by atomic mass is 10.0. The molecule has 0 saturated carbocycles. The predicted octanol–water partition coefficient (Wildman–Crippen LogP) is 2.76. The van der Waals surface area contributed by atoms with Crippen molar-refractivity contribution in [3.05, 3.63) is 44.3 Å². The van der Waals surface area contributed by atoms with E-state index in [0.29, 0.717) is 21.6 Å². The zero-order valence-corrected chi connectivity index (χ0v) is 9.96. The number of carboxylic acid groups (broad SMARTS) is 1. The molecule has 1 aromatic heterocycles. The highest BCUT2D eigenvalue weighted by molar-refractivity contribution is 6.32. The highest BCUT2D eigenvalue weighted by atomic mass is 35.5. The van der Waals surface area contributed by atoms with E-state index in [0.717, 1.165) is 5.56 Å². The second-order valence-electron chi connectivity index (χ2n) is 3.79. The Morgan fingerprint density at radius 2 is 2.00 bits per heavy atom. The number of hydrogen-bond donors (Lipinski definition) is 1. The van der Waals surface area contributed by atoms with E-state index in [2.05, 4.69) is 0 Å². The first-order valence-corrected chi connectivity index (χ1v) is 5.26. The summed E-state index contributed by atoms with van der Waals surface area (Å²) in [4.78, 5) is 22.5. The third kappa shape index (κ3) is 1.80. The Morgan fingerprint density at radius 1 is 1.35 bits per heavy atom. The van der Waals surface area contributed by atoms with Crippen molar-refractivity contribution >= 4 is 28.5 Å². The van der Waals surface area contributed by atoms with Gasteiger partial charge in [-0.2, -0.15) is 0 Å². The molecule has 0 amide bonds. The van der Waals surface area contributed by atoms with Crippen molar-refractivity contribution in [2.45, 2.75) is 13.8 Å². The number of fused-ring (bicyclic) bond motifs is 1. The van der Waals surface area contributed by atoms with E-state index in [1.165, 1.54) is 0 Å². The Balaban J connectivity index is 2.97. The molecule has 0 unspecified atom stereocenters. The molecule has 0 atom stereocenters. The Hall–Kier alpha value is -1.81. The monoisotopic (exact) mass is 252 g/mol. The first kappa shape index (κ1) is 11.7. The molecule has 88 valence electrons. The second kappa shape index (κ2) is 3.89. The fraction of sp³-hybridized carbons (Fsp3) is 0.167. The molecule has 4 nitrogen and oxygen atoms in total. The predicted molar refractivity (Wildman–Crippen MR) is 63.9 cm³/mol. The fourth-order valence-corrected chi connectivity index (χ4v) is 1.88. The maximum Gasteiger partial charge on any atom is 0.351 e. The third-order valence-corrected chi connectivity index (χ3v) is 3.07. The van der Waals surface area contributed by atoms with E-state index in [1.54, 1.807) is 26.0 Å². The van der Waals surface area contributed by atoms with Crippen molar-refractivity contribution in [2.75, 3.05) is 0 Å². The molecule has 0 aliphatic heterocycles. The summed E-state index contributed by atoms with van der Waals surface area (Å²) in [5.74, 6) is -1.30. The number of carboxylic acids is 1. The smallest absolute Gasteiger partial charge is 0.351 e. The molecular weight excluding hydrogens is 244 g/mol. The van der Waals surface area contributed by atoms with Crippen LogP contribution < -0.4 is 5.63 Å². The van der Waals surface area contributed by atoms with Crippen LogP contribution in [-0.2, 0) is 0 Å². The first-order chi connectivity index (χ1) is 7.91. The van der Waals surface area contributed by atoms with Gasteiger partial charge < -0.3 is 9.52 Å². The minimum Gasteiger partial charge on any atom is -0.477 e. The van der Waals surface area contributed by atoms with E-state index < -0.39 is 11.6 Å². The fourth-order valence-electron chi connectivity index (χ4n) is 1.72. The standard InChI is InChI=1S/C12H9ClO4/c1-5-3-9-7(4-8(5)13)6(2)10(11(14)15)12(16)17-9/h3-4H,1-2H3,(H,14,15). The average molecular weight is 253 g/mol. The molecule has 0 saturated heterocycles. The van der Waals surface area contributed by atoms with Gasteiger partial charge in [-0.1, -0.05) is 11.6 Å². The first-order valence-electron chi connectivity index (χ1n) is 4.88. The van der Waals surface area contributed by atoms with Gasteiger partial charge in [-0.25, -0.2) is 9.59 Å². The van der Waals surface area contributed by atoms with E-state index in [-0.39, 0.29) is 5.56 Å². The van der Waals surface area contributed by atoms with Gasteiger partial charge in [0.2, 0.25) is 0 Å². The summed E-state index contributed by atoms with van der Waals surface area (Å²) < 4.78 is 4.98. The van der Waals surface area contributed by atoms with Gasteiger partial charge in [0.05, 0.1) is 0 Å². The number of aromatic carboxylic acids is 1. The SMILES string of the molecule is Cc1cc2oc(=O)c(C(=O)O)c(C)c2cc1Cl. The number of aryl methyl sites for hydroxylation is 2. The van der Waals surface area contributed by atoms with Crippen LogP contribution in [0, 0.1) is 13.8 Å². The molecule has 0 bridgehead atoms. The van der Waals surface area contributed by atoms with Gasteiger partial charge in [0, 0.05) is 10.4 Å². The molecular formula is C12H9ClO4. The van der Waals surface area contributed by atoms with Crippen molar-refractivity contribution < 1.29 is 14.3 Å². The number of rotatable bonds is 1. The molecule has 17 heavy (non-hydrogen) atoms. The van der Waals surface area contributed by atoms with Gasteiger partial charge in [0.1, 0.15) is 11.1 Å². The van der Waals surface area contributed by atoms with E-state index >= 15 is 0 Å². The molecule has 1 N–H and O–H groups in total. The molecule has 0 spiro atoms. The summed E-state index contributed by atoms with van der Waals surface area (Å²) in [5, 5.41) is 9.98. The van der Waals surface area contributed by atoms with Crippen LogP contribution in [0.15, 0.2) is 21.3 Å². The topological polar surface area (TPSA) is 67.5 Å². The number of hydrogen-bond acceptors (Lipinski definition) is 3. The molecule has 2 rings (SSSR count). The molecule has 0 aliphatic carbocycles. The van der Waals surface area contributed by atoms with Crippen LogP contribution in [0.4, 0.5) is 0 Å². The zero-order valence-electron chi connectivity index (χ0n) is 9.20. The Morgan fingerprint density at radius 3 is 2.59 bits per heavy atom. The second-order valence-corrected chi connectivity index (χ2v) is 4.20. The molecule has 5 heteroatoms. The minimum atomic E-state index is -1.30. The molecule has 0 fully saturated rings. The van der Waals surface area contributed by atoms with E-state index in [9.17, 15) is 9.59 Å². The van der Waals surface area contributed by atoms with Crippen LogP contribution >= 0.6 is 11.6 Å². The molecule has 2 aromatic rings. The summed E-state index contributed by atoms with van der Waals surface area (Å²) >= 11 is 5.96. The average Bonchev–Trinajstić information content (AvgIpc) is 2.21. The molecule has 1 aromatic carbocycles. The number of halogens is 1. The summed E-state index contributed by atoms with van der Waals surface area (Å²) in [6.07, 6.45) is 0. The maximum absolute atomic E-state index is 11.5. The van der Waals surface area contributed by atoms with E-state index in [4.69, 9.17) is 21.1 Å². The Bertz CT molecular complexity index is 685. The highest BCUT2D eigenvalue weighted by Gasteiger charge is 2.17. The van der Waals surface area contributed by atoms with Crippen LogP contribution in [0.5, 0.6) is 0 Å². The van der Waals surface area contributed by atoms with Crippen LogP contribution in [0.3, 0.4) is 0 Å². The quantitative estimate of drug-likeness (QED) is 0.793.